The fraction of sp³-hybridized carbons (Fsp3) is 0.118. The maximum atomic E-state index is 11.6. The second kappa shape index (κ2) is 7.60. The summed E-state index contributed by atoms with van der Waals surface area (Å²) in [7, 11) is 0. The van der Waals surface area contributed by atoms with E-state index in [-0.39, 0.29) is 12.5 Å². The van der Waals surface area contributed by atoms with E-state index in [1.165, 1.54) is 0 Å². The van der Waals surface area contributed by atoms with Crippen LogP contribution in [-0.2, 0) is 4.79 Å². The molecule has 0 aliphatic carbocycles. The van der Waals surface area contributed by atoms with Gasteiger partial charge in [-0.25, -0.2) is 5.43 Å². The highest BCUT2D eigenvalue weighted by Crippen LogP contribution is 2.11. The largest absolute Gasteiger partial charge is 0.484 e. The summed E-state index contributed by atoms with van der Waals surface area (Å²) in [4.78, 5) is 11.6. The molecule has 0 aliphatic heterocycles. The first-order chi connectivity index (χ1) is 10.7. The van der Waals surface area contributed by atoms with Gasteiger partial charge < -0.3 is 4.74 Å². The molecule has 22 heavy (non-hydrogen) atoms. The molecule has 0 atom stereocenters. The van der Waals surface area contributed by atoms with Crippen LogP contribution in [0.5, 0.6) is 5.75 Å². The van der Waals surface area contributed by atoms with Crippen molar-refractivity contribution in [1.29, 1.82) is 5.26 Å². The van der Waals surface area contributed by atoms with Gasteiger partial charge in [0, 0.05) is 0 Å². The highest BCUT2D eigenvalue weighted by Gasteiger charge is 2.01. The lowest BCUT2D eigenvalue weighted by molar-refractivity contribution is -0.123. The van der Waals surface area contributed by atoms with Crippen molar-refractivity contribution in [2.24, 2.45) is 5.10 Å². The molecule has 5 heteroatoms. The quantitative estimate of drug-likeness (QED) is 0.679. The van der Waals surface area contributed by atoms with Crippen LogP contribution in [0, 0.1) is 18.3 Å². The predicted molar refractivity (Wildman–Crippen MR) is 83.6 cm³/mol. The summed E-state index contributed by atoms with van der Waals surface area (Å²) in [5.74, 6) is 0.171. The molecule has 0 aromatic heterocycles. The molecule has 0 fully saturated rings. The van der Waals surface area contributed by atoms with Crippen molar-refractivity contribution < 1.29 is 9.53 Å². The number of hydrogen-bond acceptors (Lipinski definition) is 4. The standard InChI is InChI=1S/C17H15N3O2/c1-13-2-4-15(5-3-13)11-19-20-17(21)12-22-16-8-6-14(10-18)7-9-16/h2-9,11H,12H2,1H3,(H,20,21)/b19-11-. The Hall–Kier alpha value is -3.13. The minimum Gasteiger partial charge on any atom is -0.484 e. The topological polar surface area (TPSA) is 74.5 Å². The number of carbonyl (C=O) groups excluding carboxylic acids is 1. The van der Waals surface area contributed by atoms with Gasteiger partial charge in [0.05, 0.1) is 17.8 Å². The third-order valence-corrected chi connectivity index (χ3v) is 2.83. The van der Waals surface area contributed by atoms with Gasteiger partial charge >= 0.3 is 0 Å². The molecule has 0 heterocycles. The molecule has 0 aliphatic rings. The summed E-state index contributed by atoms with van der Waals surface area (Å²) >= 11 is 0. The van der Waals surface area contributed by atoms with Crippen LogP contribution in [0.1, 0.15) is 16.7 Å². The zero-order valence-corrected chi connectivity index (χ0v) is 12.1. The summed E-state index contributed by atoms with van der Waals surface area (Å²) < 4.78 is 5.29. The Morgan fingerprint density at radius 3 is 2.55 bits per heavy atom. The van der Waals surface area contributed by atoms with Gasteiger partial charge in [-0.05, 0) is 36.8 Å². The van der Waals surface area contributed by atoms with Crippen LogP contribution in [0.2, 0.25) is 0 Å². The van der Waals surface area contributed by atoms with Gasteiger partial charge in [0.15, 0.2) is 6.61 Å². The van der Waals surface area contributed by atoms with Gasteiger partial charge in [-0.2, -0.15) is 10.4 Å². The van der Waals surface area contributed by atoms with Crippen molar-refractivity contribution in [2.45, 2.75) is 6.92 Å². The highest BCUT2D eigenvalue weighted by atomic mass is 16.5. The predicted octanol–water partition coefficient (Wildman–Crippen LogP) is 2.40. The second-order valence-electron chi connectivity index (χ2n) is 4.63. The average molecular weight is 293 g/mol. The summed E-state index contributed by atoms with van der Waals surface area (Å²) in [5, 5.41) is 12.5. The van der Waals surface area contributed by atoms with Gasteiger partial charge in [0.1, 0.15) is 5.75 Å². The lowest BCUT2D eigenvalue weighted by Crippen LogP contribution is -2.24. The van der Waals surface area contributed by atoms with Crippen LogP contribution in [0.3, 0.4) is 0 Å². The Labute approximate surface area is 128 Å². The molecule has 0 radical (unpaired) electrons. The number of aryl methyl sites for hydroxylation is 1. The number of carbonyl (C=O) groups is 1. The smallest absolute Gasteiger partial charge is 0.277 e. The SMILES string of the molecule is Cc1ccc(/C=N\NC(=O)COc2ccc(C#N)cc2)cc1. The molecule has 2 aromatic carbocycles. The van der Waals surface area contributed by atoms with Crippen molar-refractivity contribution in [3.63, 3.8) is 0 Å². The molecule has 0 spiro atoms. The molecule has 0 saturated heterocycles. The first-order valence-corrected chi connectivity index (χ1v) is 6.69. The highest BCUT2D eigenvalue weighted by molar-refractivity contribution is 5.82. The maximum Gasteiger partial charge on any atom is 0.277 e. The first-order valence-electron chi connectivity index (χ1n) is 6.69. The Morgan fingerprint density at radius 2 is 1.91 bits per heavy atom. The fourth-order valence-corrected chi connectivity index (χ4v) is 1.64. The number of nitrogens with zero attached hydrogens (tertiary/aromatic N) is 2. The van der Waals surface area contributed by atoms with Crippen LogP contribution in [-0.4, -0.2) is 18.7 Å². The lowest BCUT2D eigenvalue weighted by atomic mass is 10.2. The van der Waals surface area contributed by atoms with E-state index in [9.17, 15) is 4.79 Å². The van der Waals surface area contributed by atoms with Gasteiger partial charge in [0.25, 0.3) is 5.91 Å². The monoisotopic (exact) mass is 293 g/mol. The van der Waals surface area contributed by atoms with Crippen molar-refractivity contribution in [2.75, 3.05) is 6.61 Å². The van der Waals surface area contributed by atoms with E-state index in [0.29, 0.717) is 11.3 Å². The average Bonchev–Trinajstić information content (AvgIpc) is 2.55. The molecule has 2 rings (SSSR count). The maximum absolute atomic E-state index is 11.6. The zero-order chi connectivity index (χ0) is 15.8. The number of amides is 1. The number of rotatable bonds is 5. The number of hydrazone groups is 1. The third-order valence-electron chi connectivity index (χ3n) is 2.83. The number of benzene rings is 2. The van der Waals surface area contributed by atoms with Gasteiger partial charge in [-0.15, -0.1) is 0 Å². The summed E-state index contributed by atoms with van der Waals surface area (Å²) in [5.41, 5.74) is 5.00. The molecule has 0 unspecified atom stereocenters. The number of nitrogens with one attached hydrogen (secondary N) is 1. The van der Waals surface area contributed by atoms with Crippen LogP contribution in [0.25, 0.3) is 0 Å². The third kappa shape index (κ3) is 4.76. The molecular weight excluding hydrogens is 278 g/mol. The van der Waals surface area contributed by atoms with Crippen LogP contribution >= 0.6 is 0 Å². The van der Waals surface area contributed by atoms with E-state index in [4.69, 9.17) is 10.00 Å². The van der Waals surface area contributed by atoms with Gasteiger partial charge in [0.2, 0.25) is 0 Å². The van der Waals surface area contributed by atoms with E-state index in [2.05, 4.69) is 10.5 Å². The van der Waals surface area contributed by atoms with E-state index < -0.39 is 0 Å². The Morgan fingerprint density at radius 1 is 1.23 bits per heavy atom. The molecule has 1 amide bonds. The Balaban J connectivity index is 1.78. The van der Waals surface area contributed by atoms with Crippen molar-refractivity contribution in [3.8, 4) is 11.8 Å². The molecule has 0 saturated carbocycles. The minimum absolute atomic E-state index is 0.142. The summed E-state index contributed by atoms with van der Waals surface area (Å²) in [6.07, 6.45) is 1.57. The number of ether oxygens (including phenoxy) is 1. The van der Waals surface area contributed by atoms with E-state index >= 15 is 0 Å². The van der Waals surface area contributed by atoms with Crippen LogP contribution in [0.4, 0.5) is 0 Å². The summed E-state index contributed by atoms with van der Waals surface area (Å²) in [6.45, 7) is 1.86. The number of nitriles is 1. The molecule has 5 nitrogen and oxygen atoms in total. The number of hydrogen-bond donors (Lipinski definition) is 1. The Bertz CT molecular complexity index is 698. The Kier molecular flexibility index (Phi) is 5.27. The van der Waals surface area contributed by atoms with E-state index in [0.717, 1.165) is 11.1 Å². The van der Waals surface area contributed by atoms with E-state index in [1.54, 1.807) is 30.5 Å². The fourth-order valence-electron chi connectivity index (χ4n) is 1.64. The molecule has 1 N–H and O–H groups in total. The zero-order valence-electron chi connectivity index (χ0n) is 12.1. The molecule has 2 aromatic rings. The van der Waals surface area contributed by atoms with Crippen LogP contribution < -0.4 is 10.2 Å². The normalized spacial score (nSPS) is 10.2. The lowest BCUT2D eigenvalue weighted by Gasteiger charge is -2.04. The molecule has 110 valence electrons. The molecule has 0 bridgehead atoms. The first kappa shape index (κ1) is 15.3. The van der Waals surface area contributed by atoms with Crippen molar-refractivity contribution in [3.05, 3.63) is 65.2 Å². The summed E-state index contributed by atoms with van der Waals surface area (Å²) in [6, 6.07) is 16.3. The minimum atomic E-state index is -0.354. The van der Waals surface area contributed by atoms with Crippen molar-refractivity contribution >= 4 is 12.1 Å². The van der Waals surface area contributed by atoms with E-state index in [1.807, 2.05) is 37.3 Å². The van der Waals surface area contributed by atoms with Gasteiger partial charge in [-0.1, -0.05) is 29.8 Å². The van der Waals surface area contributed by atoms with Crippen LogP contribution in [0.15, 0.2) is 53.6 Å². The van der Waals surface area contributed by atoms with Crippen molar-refractivity contribution in [1.82, 2.24) is 5.43 Å². The molecular formula is C17H15N3O2. The second-order valence-corrected chi connectivity index (χ2v) is 4.63. The van der Waals surface area contributed by atoms with Gasteiger partial charge in [-0.3, -0.25) is 4.79 Å².